The Labute approximate surface area is 104 Å². The van der Waals surface area contributed by atoms with E-state index in [0.29, 0.717) is 0 Å². The van der Waals surface area contributed by atoms with Crippen LogP contribution in [0.2, 0.25) is 0 Å². The van der Waals surface area contributed by atoms with Gasteiger partial charge in [-0.15, -0.1) is 12.4 Å². The maximum Gasteiger partial charge on any atom is 0.0507 e. The van der Waals surface area contributed by atoms with Crippen LogP contribution in [0.15, 0.2) is 0 Å². The van der Waals surface area contributed by atoms with Crippen molar-refractivity contribution in [1.82, 2.24) is 10.2 Å². The van der Waals surface area contributed by atoms with Gasteiger partial charge in [0.15, 0.2) is 0 Å². The van der Waals surface area contributed by atoms with Crippen LogP contribution in [0.5, 0.6) is 0 Å². The molecule has 0 saturated carbocycles. The van der Waals surface area contributed by atoms with Gasteiger partial charge in [0.1, 0.15) is 0 Å². The van der Waals surface area contributed by atoms with Crippen LogP contribution in [0.25, 0.3) is 0 Å². The molecule has 2 bridgehead atoms. The molecule has 3 rings (SSSR count). The molecular formula is C12H23ClN2O. The molecule has 3 atom stereocenters. The highest BCUT2D eigenvalue weighted by molar-refractivity contribution is 5.85. The van der Waals surface area contributed by atoms with E-state index in [1.807, 2.05) is 0 Å². The van der Waals surface area contributed by atoms with Crippen LogP contribution in [0.4, 0.5) is 0 Å². The smallest absolute Gasteiger partial charge is 0.0507 e. The topological polar surface area (TPSA) is 24.5 Å². The summed E-state index contributed by atoms with van der Waals surface area (Å²) in [5, 5.41) is 3.73. The van der Waals surface area contributed by atoms with Gasteiger partial charge in [-0.2, -0.15) is 0 Å². The van der Waals surface area contributed by atoms with Gasteiger partial charge in [-0.05, 0) is 38.1 Å². The zero-order valence-corrected chi connectivity index (χ0v) is 10.7. The predicted octanol–water partition coefficient (Wildman–Crippen LogP) is 1.27. The summed E-state index contributed by atoms with van der Waals surface area (Å²) in [6.07, 6.45) is 5.43. The number of likely N-dealkylation sites (tertiary alicyclic amines) is 1. The molecule has 3 nitrogen and oxygen atoms in total. The molecule has 0 amide bonds. The van der Waals surface area contributed by atoms with Crippen molar-refractivity contribution in [2.45, 2.75) is 37.8 Å². The molecule has 1 N–H and O–H groups in total. The van der Waals surface area contributed by atoms with Gasteiger partial charge < -0.3 is 15.0 Å². The normalized spacial score (nSPS) is 39.4. The fourth-order valence-electron chi connectivity index (χ4n) is 3.27. The van der Waals surface area contributed by atoms with Crippen LogP contribution >= 0.6 is 12.4 Å². The molecule has 0 spiro atoms. The van der Waals surface area contributed by atoms with Crippen molar-refractivity contribution in [3.05, 3.63) is 0 Å². The molecule has 3 fully saturated rings. The van der Waals surface area contributed by atoms with Crippen molar-refractivity contribution in [1.29, 1.82) is 0 Å². The van der Waals surface area contributed by atoms with Gasteiger partial charge in [0, 0.05) is 31.8 Å². The minimum atomic E-state index is 0. The molecule has 94 valence electrons. The molecule has 3 unspecified atom stereocenters. The Morgan fingerprint density at radius 1 is 1.12 bits per heavy atom. The van der Waals surface area contributed by atoms with Crippen molar-refractivity contribution in [3.63, 3.8) is 0 Å². The van der Waals surface area contributed by atoms with E-state index in [4.69, 9.17) is 4.74 Å². The van der Waals surface area contributed by atoms with E-state index in [-0.39, 0.29) is 12.4 Å². The summed E-state index contributed by atoms with van der Waals surface area (Å²) in [4.78, 5) is 2.66. The van der Waals surface area contributed by atoms with Crippen LogP contribution < -0.4 is 5.32 Å². The van der Waals surface area contributed by atoms with E-state index in [2.05, 4.69) is 10.2 Å². The summed E-state index contributed by atoms with van der Waals surface area (Å²) in [5.74, 6) is 0.807. The van der Waals surface area contributed by atoms with E-state index in [0.717, 1.165) is 31.2 Å². The first-order valence-corrected chi connectivity index (χ1v) is 6.46. The molecule has 16 heavy (non-hydrogen) atoms. The third kappa shape index (κ3) is 2.89. The first kappa shape index (κ1) is 12.6. The molecule has 3 aliphatic heterocycles. The Hall–Kier alpha value is 0.170. The lowest BCUT2D eigenvalue weighted by atomic mass is 10.1. The molecule has 0 aromatic heterocycles. The van der Waals surface area contributed by atoms with Crippen LogP contribution in [-0.4, -0.2) is 49.8 Å². The number of rotatable bonds is 2. The van der Waals surface area contributed by atoms with Crippen LogP contribution in [0.3, 0.4) is 0 Å². The summed E-state index contributed by atoms with van der Waals surface area (Å²) in [7, 11) is 0. The SMILES string of the molecule is C1CC(CN2CCC3CCC(C2)N3)CO1.Cl. The average molecular weight is 247 g/mol. The fourth-order valence-corrected chi connectivity index (χ4v) is 3.27. The van der Waals surface area contributed by atoms with E-state index in [1.54, 1.807) is 0 Å². The number of nitrogens with one attached hydrogen (secondary N) is 1. The lowest BCUT2D eigenvalue weighted by Gasteiger charge is -2.26. The van der Waals surface area contributed by atoms with Crippen molar-refractivity contribution in [2.75, 3.05) is 32.8 Å². The third-order valence-electron chi connectivity index (χ3n) is 4.15. The lowest BCUT2D eigenvalue weighted by Crippen LogP contribution is -2.38. The number of ether oxygens (including phenoxy) is 1. The van der Waals surface area contributed by atoms with Gasteiger partial charge in [0.05, 0.1) is 6.61 Å². The lowest BCUT2D eigenvalue weighted by molar-refractivity contribution is 0.164. The Bertz CT molecular complexity index is 221. The molecule has 0 radical (unpaired) electrons. The van der Waals surface area contributed by atoms with Gasteiger partial charge in [0.2, 0.25) is 0 Å². The second kappa shape index (κ2) is 5.67. The largest absolute Gasteiger partial charge is 0.381 e. The molecule has 4 heteroatoms. The van der Waals surface area contributed by atoms with E-state index >= 15 is 0 Å². The van der Waals surface area contributed by atoms with Crippen LogP contribution in [0.1, 0.15) is 25.7 Å². The van der Waals surface area contributed by atoms with Gasteiger partial charge in [0.25, 0.3) is 0 Å². The van der Waals surface area contributed by atoms with Gasteiger partial charge >= 0.3 is 0 Å². The Morgan fingerprint density at radius 2 is 2.00 bits per heavy atom. The number of halogens is 1. The summed E-state index contributed by atoms with van der Waals surface area (Å²) >= 11 is 0. The molecule has 3 aliphatic rings. The number of nitrogens with zero attached hydrogens (tertiary/aromatic N) is 1. The van der Waals surface area contributed by atoms with E-state index in [9.17, 15) is 0 Å². The van der Waals surface area contributed by atoms with Gasteiger partial charge in [-0.3, -0.25) is 0 Å². The average Bonchev–Trinajstić information content (AvgIpc) is 2.80. The minimum Gasteiger partial charge on any atom is -0.381 e. The van der Waals surface area contributed by atoms with Crippen molar-refractivity contribution >= 4 is 12.4 Å². The third-order valence-corrected chi connectivity index (χ3v) is 4.15. The van der Waals surface area contributed by atoms with Crippen molar-refractivity contribution in [2.24, 2.45) is 5.92 Å². The highest BCUT2D eigenvalue weighted by Gasteiger charge is 2.30. The van der Waals surface area contributed by atoms with Gasteiger partial charge in [-0.25, -0.2) is 0 Å². The highest BCUT2D eigenvalue weighted by Crippen LogP contribution is 2.22. The van der Waals surface area contributed by atoms with Gasteiger partial charge in [-0.1, -0.05) is 0 Å². The second-order valence-electron chi connectivity index (χ2n) is 5.42. The minimum absolute atomic E-state index is 0. The van der Waals surface area contributed by atoms with Crippen LogP contribution in [-0.2, 0) is 4.74 Å². The highest BCUT2D eigenvalue weighted by atomic mass is 35.5. The first-order chi connectivity index (χ1) is 7.40. The second-order valence-corrected chi connectivity index (χ2v) is 5.42. The first-order valence-electron chi connectivity index (χ1n) is 6.46. The Morgan fingerprint density at radius 3 is 2.81 bits per heavy atom. The quantitative estimate of drug-likeness (QED) is 0.794. The fraction of sp³-hybridized carbons (Fsp3) is 1.00. The molecule has 0 aromatic carbocycles. The van der Waals surface area contributed by atoms with Crippen molar-refractivity contribution in [3.8, 4) is 0 Å². The Balaban J connectivity index is 0.000000963. The molecular weight excluding hydrogens is 224 g/mol. The molecule has 3 saturated heterocycles. The summed E-state index contributed by atoms with van der Waals surface area (Å²) < 4.78 is 5.45. The maximum absolute atomic E-state index is 5.45. The Kier molecular flexibility index (Phi) is 4.48. The van der Waals surface area contributed by atoms with Crippen molar-refractivity contribution < 1.29 is 4.74 Å². The zero-order valence-electron chi connectivity index (χ0n) is 9.86. The summed E-state index contributed by atoms with van der Waals surface area (Å²) in [6, 6.07) is 1.60. The number of fused-ring (bicyclic) bond motifs is 2. The number of hydrogen-bond donors (Lipinski definition) is 1. The standard InChI is InChI=1S/C12H22N2O.ClH/c1-2-12-8-14(5-3-11(1)13-12)7-10-4-6-15-9-10;/h10-13H,1-9H2;1H. The van der Waals surface area contributed by atoms with E-state index in [1.165, 1.54) is 45.3 Å². The predicted molar refractivity (Wildman–Crippen MR) is 67.2 cm³/mol. The van der Waals surface area contributed by atoms with Crippen LogP contribution in [0, 0.1) is 5.92 Å². The molecule has 3 heterocycles. The summed E-state index contributed by atoms with van der Waals surface area (Å²) in [6.45, 7) is 5.82. The maximum atomic E-state index is 5.45. The molecule has 0 aliphatic carbocycles. The monoisotopic (exact) mass is 246 g/mol. The molecule has 0 aromatic rings. The summed E-state index contributed by atoms with van der Waals surface area (Å²) in [5.41, 5.74) is 0. The number of hydrogen-bond acceptors (Lipinski definition) is 3. The zero-order chi connectivity index (χ0) is 10.1. The van der Waals surface area contributed by atoms with E-state index < -0.39 is 0 Å².